The van der Waals surface area contributed by atoms with Crippen LogP contribution in [0.25, 0.3) is 22.0 Å². The van der Waals surface area contributed by atoms with Gasteiger partial charge in [-0.05, 0) is 23.8 Å². The molecule has 1 heterocycles. The molecule has 0 atom stereocenters. The van der Waals surface area contributed by atoms with Gasteiger partial charge in [-0.15, -0.1) is 0 Å². The fraction of sp³-hybridized carbons (Fsp3) is 0.0588. The molecule has 2 aromatic carbocycles. The van der Waals surface area contributed by atoms with Crippen molar-refractivity contribution in [1.82, 2.24) is 4.98 Å². The van der Waals surface area contributed by atoms with E-state index in [1.807, 2.05) is 36.5 Å². The minimum absolute atomic E-state index is 0.353. The van der Waals surface area contributed by atoms with E-state index < -0.39 is 0 Å². The van der Waals surface area contributed by atoms with Gasteiger partial charge in [0.2, 0.25) is 0 Å². The Morgan fingerprint density at radius 2 is 2.00 bits per heavy atom. The zero-order valence-electron chi connectivity index (χ0n) is 11.9. The maximum atomic E-state index is 11.6. The molecule has 4 nitrogen and oxygen atoms in total. The van der Waals surface area contributed by atoms with Gasteiger partial charge in [-0.2, -0.15) is 0 Å². The molecular formula is C17H14N2O2S. The molecule has 0 spiro atoms. The molecule has 3 rings (SSSR count). The molecular weight excluding hydrogens is 296 g/mol. The molecule has 110 valence electrons. The summed E-state index contributed by atoms with van der Waals surface area (Å²) in [5.41, 5.74) is 9.95. The Labute approximate surface area is 132 Å². The van der Waals surface area contributed by atoms with Crippen molar-refractivity contribution in [3.8, 4) is 11.1 Å². The first-order valence-corrected chi connectivity index (χ1v) is 7.10. The normalized spacial score (nSPS) is 10.6. The number of nitrogens with two attached hydrogens (primary N) is 1. The van der Waals surface area contributed by atoms with Gasteiger partial charge in [0.05, 0.1) is 12.7 Å². The number of esters is 1. The van der Waals surface area contributed by atoms with Crippen LogP contribution >= 0.6 is 12.2 Å². The Morgan fingerprint density at radius 1 is 1.18 bits per heavy atom. The molecule has 0 bridgehead atoms. The zero-order chi connectivity index (χ0) is 15.7. The first-order valence-electron chi connectivity index (χ1n) is 6.70. The summed E-state index contributed by atoms with van der Waals surface area (Å²) in [4.78, 5) is 15.1. The summed E-state index contributed by atoms with van der Waals surface area (Å²) in [7, 11) is 1.37. The molecule has 3 N–H and O–H groups in total. The van der Waals surface area contributed by atoms with Gasteiger partial charge in [-0.3, -0.25) is 0 Å². The van der Waals surface area contributed by atoms with Crippen LogP contribution in [-0.2, 0) is 4.74 Å². The molecule has 0 saturated heterocycles. The van der Waals surface area contributed by atoms with Crippen molar-refractivity contribution in [1.29, 1.82) is 0 Å². The third-order valence-electron chi connectivity index (χ3n) is 3.56. The van der Waals surface area contributed by atoms with Crippen LogP contribution in [0, 0.1) is 0 Å². The Morgan fingerprint density at radius 3 is 2.73 bits per heavy atom. The van der Waals surface area contributed by atoms with Gasteiger partial charge in [0.15, 0.2) is 0 Å². The second kappa shape index (κ2) is 5.61. The van der Waals surface area contributed by atoms with Crippen LogP contribution in [0.4, 0.5) is 0 Å². The van der Waals surface area contributed by atoms with Gasteiger partial charge in [-0.25, -0.2) is 4.79 Å². The van der Waals surface area contributed by atoms with Crippen LogP contribution in [0.2, 0.25) is 0 Å². The number of thiocarbonyl (C=S) groups is 1. The van der Waals surface area contributed by atoms with E-state index in [2.05, 4.69) is 4.98 Å². The van der Waals surface area contributed by atoms with Crippen molar-refractivity contribution < 1.29 is 9.53 Å². The summed E-state index contributed by atoms with van der Waals surface area (Å²) in [6, 6.07) is 13.2. The maximum Gasteiger partial charge on any atom is 0.337 e. The van der Waals surface area contributed by atoms with E-state index in [1.165, 1.54) is 7.11 Å². The number of fused-ring (bicyclic) bond motifs is 1. The Bertz CT molecular complexity index is 883. The minimum atomic E-state index is -0.353. The van der Waals surface area contributed by atoms with E-state index in [-0.39, 0.29) is 5.97 Å². The number of methoxy groups -OCH3 is 1. The Kier molecular flexibility index (Phi) is 3.65. The third-order valence-corrected chi connectivity index (χ3v) is 3.80. The summed E-state index contributed by atoms with van der Waals surface area (Å²) in [6.45, 7) is 0. The van der Waals surface area contributed by atoms with E-state index >= 15 is 0 Å². The molecule has 1 aromatic heterocycles. The SMILES string of the molecule is COC(=O)c1ccc2c(-c3cccc(C(N)=S)c3)c[nH]c2c1. The zero-order valence-corrected chi connectivity index (χ0v) is 12.7. The Balaban J connectivity index is 2.11. The van der Waals surface area contributed by atoms with Crippen molar-refractivity contribution in [2.75, 3.05) is 7.11 Å². The smallest absolute Gasteiger partial charge is 0.337 e. The standard InChI is InChI=1S/C17H14N2O2S/c1-21-17(20)12-5-6-13-14(9-19-15(13)8-12)10-3-2-4-11(7-10)16(18)22/h2-9,19H,1H3,(H2,18,22). The van der Waals surface area contributed by atoms with Gasteiger partial charge in [0.25, 0.3) is 0 Å². The number of carbonyl (C=O) groups excluding carboxylic acids is 1. The summed E-state index contributed by atoms with van der Waals surface area (Å²) >= 11 is 5.02. The molecule has 0 aliphatic rings. The molecule has 0 aliphatic carbocycles. The predicted molar refractivity (Wildman–Crippen MR) is 91.0 cm³/mol. The topological polar surface area (TPSA) is 68.1 Å². The van der Waals surface area contributed by atoms with Crippen LogP contribution in [0.1, 0.15) is 15.9 Å². The van der Waals surface area contributed by atoms with Crippen LogP contribution < -0.4 is 5.73 Å². The largest absolute Gasteiger partial charge is 0.465 e. The second-order valence-corrected chi connectivity index (χ2v) is 5.34. The second-order valence-electron chi connectivity index (χ2n) is 4.90. The summed E-state index contributed by atoms with van der Waals surface area (Å²) < 4.78 is 4.74. The van der Waals surface area contributed by atoms with Crippen molar-refractivity contribution in [2.45, 2.75) is 0 Å². The highest BCUT2D eigenvalue weighted by molar-refractivity contribution is 7.80. The van der Waals surface area contributed by atoms with Crippen molar-refractivity contribution >= 4 is 34.1 Å². The fourth-order valence-electron chi connectivity index (χ4n) is 2.45. The number of aromatic nitrogens is 1. The first-order chi connectivity index (χ1) is 10.6. The third kappa shape index (κ3) is 2.46. The highest BCUT2D eigenvalue weighted by Gasteiger charge is 2.11. The lowest BCUT2D eigenvalue weighted by molar-refractivity contribution is 0.0601. The van der Waals surface area contributed by atoms with Crippen molar-refractivity contribution in [3.05, 3.63) is 59.8 Å². The van der Waals surface area contributed by atoms with Gasteiger partial charge < -0.3 is 15.5 Å². The molecule has 3 aromatic rings. The number of aromatic amines is 1. The average molecular weight is 310 g/mol. The average Bonchev–Trinajstić information content (AvgIpc) is 2.97. The van der Waals surface area contributed by atoms with Crippen LogP contribution in [0.5, 0.6) is 0 Å². The number of H-pyrrole nitrogens is 1. The van der Waals surface area contributed by atoms with Crippen molar-refractivity contribution in [2.24, 2.45) is 5.73 Å². The quantitative estimate of drug-likeness (QED) is 0.575. The number of benzene rings is 2. The molecule has 0 radical (unpaired) electrons. The van der Waals surface area contributed by atoms with E-state index in [0.29, 0.717) is 10.6 Å². The molecule has 0 saturated carbocycles. The monoisotopic (exact) mass is 310 g/mol. The molecule has 22 heavy (non-hydrogen) atoms. The van der Waals surface area contributed by atoms with Crippen LogP contribution in [-0.4, -0.2) is 23.1 Å². The van der Waals surface area contributed by atoms with E-state index in [4.69, 9.17) is 22.7 Å². The first kappa shape index (κ1) is 14.3. The molecule has 5 heteroatoms. The minimum Gasteiger partial charge on any atom is -0.465 e. The van der Waals surface area contributed by atoms with E-state index in [0.717, 1.165) is 27.6 Å². The fourth-order valence-corrected chi connectivity index (χ4v) is 2.58. The van der Waals surface area contributed by atoms with E-state index in [1.54, 1.807) is 12.1 Å². The number of nitrogens with one attached hydrogen (secondary N) is 1. The number of carbonyl (C=O) groups is 1. The van der Waals surface area contributed by atoms with Crippen molar-refractivity contribution in [3.63, 3.8) is 0 Å². The lowest BCUT2D eigenvalue weighted by Gasteiger charge is -2.04. The number of ether oxygens (including phenoxy) is 1. The van der Waals surface area contributed by atoms with Crippen LogP contribution in [0.3, 0.4) is 0 Å². The predicted octanol–water partition coefficient (Wildman–Crippen LogP) is 3.26. The van der Waals surface area contributed by atoms with Gasteiger partial charge in [0, 0.05) is 28.2 Å². The lowest BCUT2D eigenvalue weighted by atomic mass is 10.0. The number of hydrogen-bond acceptors (Lipinski definition) is 3. The van der Waals surface area contributed by atoms with Gasteiger partial charge in [0.1, 0.15) is 4.99 Å². The summed E-state index contributed by atoms with van der Waals surface area (Å²) in [5, 5.41) is 1.02. The summed E-state index contributed by atoms with van der Waals surface area (Å²) in [6.07, 6.45) is 1.91. The van der Waals surface area contributed by atoms with Gasteiger partial charge >= 0.3 is 5.97 Å². The van der Waals surface area contributed by atoms with Gasteiger partial charge in [-0.1, -0.05) is 36.5 Å². The highest BCUT2D eigenvalue weighted by atomic mass is 32.1. The van der Waals surface area contributed by atoms with E-state index in [9.17, 15) is 4.79 Å². The molecule has 0 amide bonds. The number of rotatable bonds is 3. The molecule has 0 aliphatic heterocycles. The molecule has 0 unspecified atom stereocenters. The number of hydrogen-bond donors (Lipinski definition) is 2. The summed E-state index contributed by atoms with van der Waals surface area (Å²) in [5.74, 6) is -0.353. The highest BCUT2D eigenvalue weighted by Crippen LogP contribution is 2.29. The lowest BCUT2D eigenvalue weighted by Crippen LogP contribution is -2.08. The Hall–Kier alpha value is -2.66. The molecule has 0 fully saturated rings. The van der Waals surface area contributed by atoms with Crippen LogP contribution in [0.15, 0.2) is 48.7 Å². The maximum absolute atomic E-state index is 11.6.